The number of pyridine rings is 1. The van der Waals surface area contributed by atoms with Crippen LogP contribution in [0.5, 0.6) is 0 Å². The summed E-state index contributed by atoms with van der Waals surface area (Å²) in [6, 6.07) is 8.35. The Kier molecular flexibility index (Phi) is 2.94. The number of hydrogen-bond donors (Lipinski definition) is 1. The number of aromatic nitrogens is 1. The Morgan fingerprint density at radius 1 is 1.32 bits per heavy atom. The van der Waals surface area contributed by atoms with Crippen LogP contribution in [0.4, 0.5) is 5.69 Å². The van der Waals surface area contributed by atoms with Crippen molar-refractivity contribution in [3.05, 3.63) is 36.0 Å². The monoisotopic (exact) mass is 255 g/mol. The minimum atomic E-state index is 0.202. The Balaban J connectivity index is 2.25. The van der Waals surface area contributed by atoms with Crippen LogP contribution >= 0.6 is 0 Å². The van der Waals surface area contributed by atoms with Gasteiger partial charge < -0.3 is 10.6 Å². The fourth-order valence-electron chi connectivity index (χ4n) is 3.16. The van der Waals surface area contributed by atoms with Crippen molar-refractivity contribution in [3.8, 4) is 0 Å². The van der Waals surface area contributed by atoms with Gasteiger partial charge in [0.2, 0.25) is 0 Å². The van der Waals surface area contributed by atoms with Gasteiger partial charge >= 0.3 is 0 Å². The number of fused-ring (bicyclic) bond motifs is 1. The Morgan fingerprint density at radius 2 is 2.11 bits per heavy atom. The number of rotatable bonds is 2. The maximum absolute atomic E-state index is 5.93. The van der Waals surface area contributed by atoms with Gasteiger partial charge in [-0.05, 0) is 32.8 Å². The molecule has 1 aliphatic rings. The van der Waals surface area contributed by atoms with Crippen molar-refractivity contribution in [2.75, 3.05) is 11.4 Å². The molecule has 0 amide bonds. The van der Waals surface area contributed by atoms with Gasteiger partial charge in [0.25, 0.3) is 0 Å². The largest absolute Gasteiger partial charge is 0.366 e. The minimum Gasteiger partial charge on any atom is -0.366 e. The summed E-state index contributed by atoms with van der Waals surface area (Å²) in [5.41, 5.74) is 9.62. The zero-order valence-corrected chi connectivity index (χ0v) is 11.7. The highest BCUT2D eigenvalue weighted by Crippen LogP contribution is 2.39. The van der Waals surface area contributed by atoms with Gasteiger partial charge in [0.15, 0.2) is 0 Å². The van der Waals surface area contributed by atoms with Gasteiger partial charge in [0.1, 0.15) is 0 Å². The fraction of sp³-hybridized carbons (Fsp3) is 0.438. The molecule has 0 aliphatic carbocycles. The second kappa shape index (κ2) is 4.49. The van der Waals surface area contributed by atoms with Gasteiger partial charge in [-0.2, -0.15) is 0 Å². The van der Waals surface area contributed by atoms with Gasteiger partial charge in [0, 0.05) is 35.8 Å². The molecular formula is C16H21N3. The predicted octanol–water partition coefficient (Wildman–Crippen LogP) is 3.07. The zero-order valence-electron chi connectivity index (χ0n) is 11.7. The molecule has 2 N–H and O–H groups in total. The lowest BCUT2D eigenvalue weighted by Crippen LogP contribution is -2.39. The van der Waals surface area contributed by atoms with Gasteiger partial charge in [-0.15, -0.1) is 0 Å². The molecule has 0 saturated carbocycles. The highest BCUT2D eigenvalue weighted by molar-refractivity contribution is 5.93. The molecule has 3 heteroatoms. The summed E-state index contributed by atoms with van der Waals surface area (Å²) in [5.74, 6) is 0. The van der Waals surface area contributed by atoms with Crippen LogP contribution in [-0.4, -0.2) is 17.1 Å². The van der Waals surface area contributed by atoms with Crippen molar-refractivity contribution in [1.82, 2.24) is 4.98 Å². The van der Waals surface area contributed by atoms with Gasteiger partial charge in [-0.1, -0.05) is 18.2 Å². The molecule has 1 saturated heterocycles. The molecule has 0 unspecified atom stereocenters. The molecule has 3 nitrogen and oxygen atoms in total. The predicted molar refractivity (Wildman–Crippen MR) is 80.3 cm³/mol. The molecule has 0 atom stereocenters. The first kappa shape index (κ1) is 12.4. The van der Waals surface area contributed by atoms with E-state index in [9.17, 15) is 0 Å². The first-order valence-corrected chi connectivity index (χ1v) is 6.98. The van der Waals surface area contributed by atoms with E-state index in [2.05, 4.69) is 41.9 Å². The molecule has 0 radical (unpaired) electrons. The van der Waals surface area contributed by atoms with E-state index >= 15 is 0 Å². The molecule has 2 heterocycles. The lowest BCUT2D eigenvalue weighted by Gasteiger charge is -2.35. The zero-order chi connectivity index (χ0) is 13.5. The van der Waals surface area contributed by atoms with Crippen LogP contribution in [0, 0.1) is 0 Å². The van der Waals surface area contributed by atoms with Crippen LogP contribution in [0.3, 0.4) is 0 Å². The van der Waals surface area contributed by atoms with Crippen LogP contribution in [0.15, 0.2) is 30.5 Å². The van der Waals surface area contributed by atoms with E-state index in [1.807, 2.05) is 12.3 Å². The summed E-state index contributed by atoms with van der Waals surface area (Å²) in [6.45, 7) is 6.28. The van der Waals surface area contributed by atoms with Crippen LogP contribution in [0.1, 0.15) is 32.3 Å². The standard InChI is InChI=1S/C16H21N3/c1-16(2)8-5-9-19(16)15-12(10-17)11-18-14-7-4-3-6-13(14)15/h3-4,6-7,11H,5,8-10,17H2,1-2H3. The highest BCUT2D eigenvalue weighted by Gasteiger charge is 2.33. The third-order valence-electron chi connectivity index (χ3n) is 4.21. The second-order valence-corrected chi connectivity index (χ2v) is 5.92. The molecular weight excluding hydrogens is 234 g/mol. The number of anilines is 1. The minimum absolute atomic E-state index is 0.202. The van der Waals surface area contributed by atoms with Crippen molar-refractivity contribution in [2.24, 2.45) is 5.73 Å². The maximum atomic E-state index is 5.93. The van der Waals surface area contributed by atoms with Crippen LogP contribution in [0.25, 0.3) is 10.9 Å². The van der Waals surface area contributed by atoms with Crippen molar-refractivity contribution in [3.63, 3.8) is 0 Å². The smallest absolute Gasteiger partial charge is 0.0723 e. The maximum Gasteiger partial charge on any atom is 0.0723 e. The van der Waals surface area contributed by atoms with Crippen molar-refractivity contribution in [2.45, 2.75) is 38.8 Å². The quantitative estimate of drug-likeness (QED) is 0.896. The fourth-order valence-corrected chi connectivity index (χ4v) is 3.16. The molecule has 0 bridgehead atoms. The molecule has 100 valence electrons. The summed E-state index contributed by atoms with van der Waals surface area (Å²) in [5, 5.41) is 1.22. The molecule has 1 aromatic heterocycles. The Bertz CT molecular complexity index is 604. The summed E-state index contributed by atoms with van der Waals surface area (Å²) in [7, 11) is 0. The average Bonchev–Trinajstić information content (AvgIpc) is 2.76. The van der Waals surface area contributed by atoms with Gasteiger partial charge in [0.05, 0.1) is 11.2 Å². The van der Waals surface area contributed by atoms with E-state index in [0.717, 1.165) is 17.6 Å². The first-order chi connectivity index (χ1) is 9.13. The SMILES string of the molecule is CC1(C)CCCN1c1c(CN)cnc2ccccc12. The number of nitrogens with two attached hydrogens (primary N) is 1. The van der Waals surface area contributed by atoms with Crippen molar-refractivity contribution >= 4 is 16.6 Å². The number of nitrogens with zero attached hydrogens (tertiary/aromatic N) is 2. The summed E-state index contributed by atoms with van der Waals surface area (Å²) >= 11 is 0. The molecule has 2 aromatic rings. The van der Waals surface area contributed by atoms with Gasteiger partial charge in [-0.25, -0.2) is 0 Å². The number of para-hydroxylation sites is 1. The average molecular weight is 255 g/mol. The molecule has 19 heavy (non-hydrogen) atoms. The van der Waals surface area contributed by atoms with E-state index in [1.54, 1.807) is 0 Å². The third-order valence-corrected chi connectivity index (χ3v) is 4.21. The molecule has 0 spiro atoms. The van der Waals surface area contributed by atoms with Crippen LogP contribution < -0.4 is 10.6 Å². The number of hydrogen-bond acceptors (Lipinski definition) is 3. The third kappa shape index (κ3) is 1.98. The van der Waals surface area contributed by atoms with Crippen molar-refractivity contribution < 1.29 is 0 Å². The lowest BCUT2D eigenvalue weighted by atomic mass is 9.99. The lowest BCUT2D eigenvalue weighted by molar-refractivity contribution is 0.518. The molecule has 3 rings (SSSR count). The topological polar surface area (TPSA) is 42.1 Å². The summed E-state index contributed by atoms with van der Waals surface area (Å²) in [4.78, 5) is 7.04. The molecule has 1 aliphatic heterocycles. The summed E-state index contributed by atoms with van der Waals surface area (Å²) < 4.78 is 0. The van der Waals surface area contributed by atoms with E-state index in [0.29, 0.717) is 6.54 Å². The second-order valence-electron chi connectivity index (χ2n) is 5.92. The van der Waals surface area contributed by atoms with Crippen LogP contribution in [0.2, 0.25) is 0 Å². The molecule has 1 fully saturated rings. The van der Waals surface area contributed by atoms with E-state index in [-0.39, 0.29) is 5.54 Å². The Labute approximate surface area is 114 Å². The van der Waals surface area contributed by atoms with E-state index in [4.69, 9.17) is 5.73 Å². The Hall–Kier alpha value is -1.61. The van der Waals surface area contributed by atoms with E-state index < -0.39 is 0 Å². The first-order valence-electron chi connectivity index (χ1n) is 6.98. The highest BCUT2D eigenvalue weighted by atomic mass is 15.2. The molecule has 1 aromatic carbocycles. The Morgan fingerprint density at radius 3 is 2.79 bits per heavy atom. The summed E-state index contributed by atoms with van der Waals surface area (Å²) in [6.07, 6.45) is 4.41. The normalized spacial score (nSPS) is 18.2. The van der Waals surface area contributed by atoms with Crippen LogP contribution in [-0.2, 0) is 6.54 Å². The van der Waals surface area contributed by atoms with Crippen molar-refractivity contribution in [1.29, 1.82) is 0 Å². The number of benzene rings is 1. The van der Waals surface area contributed by atoms with Gasteiger partial charge in [-0.3, -0.25) is 4.98 Å². The van der Waals surface area contributed by atoms with E-state index in [1.165, 1.54) is 23.9 Å².